The summed E-state index contributed by atoms with van der Waals surface area (Å²) in [5.41, 5.74) is 0. The van der Waals surface area contributed by atoms with Gasteiger partial charge in [-0.3, -0.25) is 0 Å². The van der Waals surface area contributed by atoms with Crippen molar-refractivity contribution < 1.29 is 4.79 Å². The molecule has 4 nitrogen and oxygen atoms in total. The molecule has 0 aromatic rings. The van der Waals surface area contributed by atoms with Crippen LogP contribution in [0.4, 0.5) is 4.79 Å². The number of hydrogen-bond acceptors (Lipinski definition) is 2. The normalized spacial score (nSPS) is 34.0. The highest BCUT2D eigenvalue weighted by molar-refractivity contribution is 5.77. The van der Waals surface area contributed by atoms with Gasteiger partial charge in [0.15, 0.2) is 0 Å². The molecule has 4 heteroatoms. The summed E-state index contributed by atoms with van der Waals surface area (Å²) >= 11 is 0. The van der Waals surface area contributed by atoms with E-state index in [9.17, 15) is 4.79 Å². The van der Waals surface area contributed by atoms with Crippen molar-refractivity contribution in [2.45, 2.75) is 31.8 Å². The summed E-state index contributed by atoms with van der Waals surface area (Å²) in [6, 6.07) is 0.985. The van der Waals surface area contributed by atoms with Gasteiger partial charge in [-0.15, -0.1) is 0 Å². The van der Waals surface area contributed by atoms with Crippen LogP contribution in [0, 0.1) is 0 Å². The molecule has 2 rings (SSSR count). The zero-order chi connectivity index (χ0) is 10.1. The first kappa shape index (κ1) is 9.77. The Morgan fingerprint density at radius 2 is 2.29 bits per heavy atom. The fourth-order valence-corrected chi connectivity index (χ4v) is 2.28. The first-order valence-corrected chi connectivity index (χ1v) is 5.44. The molecule has 0 bridgehead atoms. The van der Waals surface area contributed by atoms with Gasteiger partial charge >= 0.3 is 6.03 Å². The highest BCUT2D eigenvalue weighted by atomic mass is 16.2. The van der Waals surface area contributed by atoms with E-state index in [2.05, 4.69) is 12.2 Å². The van der Waals surface area contributed by atoms with E-state index in [0.29, 0.717) is 12.1 Å². The van der Waals surface area contributed by atoms with Crippen molar-refractivity contribution >= 4 is 6.03 Å². The first-order valence-electron chi connectivity index (χ1n) is 5.44. The summed E-state index contributed by atoms with van der Waals surface area (Å²) in [6.45, 7) is 5.06. The standard InChI is InChI=1S/C10H19N3O/c1-8-7-13(10(14)12(8)2)9-4-3-5-11-6-9/h8-9,11H,3-7H2,1-2H3/t8?,9-/m0/s1. The minimum atomic E-state index is 0.200. The van der Waals surface area contributed by atoms with Crippen LogP contribution in [0.2, 0.25) is 0 Å². The zero-order valence-corrected chi connectivity index (χ0v) is 8.99. The van der Waals surface area contributed by atoms with Crippen LogP contribution < -0.4 is 5.32 Å². The van der Waals surface area contributed by atoms with Crippen LogP contribution in [-0.4, -0.2) is 54.6 Å². The SMILES string of the molecule is CC1CN([C@H]2CCCNC2)C(=O)N1C. The first-order chi connectivity index (χ1) is 6.70. The number of likely N-dealkylation sites (N-methyl/N-ethyl adjacent to an activating group) is 1. The van der Waals surface area contributed by atoms with Crippen molar-refractivity contribution in [3.8, 4) is 0 Å². The highest BCUT2D eigenvalue weighted by Gasteiger charge is 2.36. The smallest absolute Gasteiger partial charge is 0.320 e. The highest BCUT2D eigenvalue weighted by Crippen LogP contribution is 2.19. The van der Waals surface area contributed by atoms with Crippen molar-refractivity contribution in [3.05, 3.63) is 0 Å². The fraction of sp³-hybridized carbons (Fsp3) is 0.900. The Kier molecular flexibility index (Phi) is 2.63. The van der Waals surface area contributed by atoms with Crippen LogP contribution in [0.1, 0.15) is 19.8 Å². The lowest BCUT2D eigenvalue weighted by molar-refractivity contribution is 0.171. The van der Waals surface area contributed by atoms with Gasteiger partial charge in [0.05, 0.1) is 0 Å². The largest absolute Gasteiger partial charge is 0.323 e. The molecule has 2 atom stereocenters. The number of rotatable bonds is 1. The third kappa shape index (κ3) is 1.59. The Morgan fingerprint density at radius 3 is 2.79 bits per heavy atom. The number of amides is 2. The Morgan fingerprint density at radius 1 is 1.50 bits per heavy atom. The minimum Gasteiger partial charge on any atom is -0.323 e. The molecule has 0 radical (unpaired) electrons. The maximum atomic E-state index is 11.8. The molecule has 0 spiro atoms. The van der Waals surface area contributed by atoms with Gasteiger partial charge in [-0.25, -0.2) is 4.79 Å². The second-order valence-corrected chi connectivity index (χ2v) is 4.40. The van der Waals surface area contributed by atoms with Gasteiger partial charge < -0.3 is 15.1 Å². The van der Waals surface area contributed by atoms with Crippen LogP contribution in [-0.2, 0) is 0 Å². The van der Waals surface area contributed by atoms with E-state index >= 15 is 0 Å². The minimum absolute atomic E-state index is 0.200. The summed E-state index contributed by atoms with van der Waals surface area (Å²) in [7, 11) is 1.89. The Bertz CT molecular complexity index is 225. The Labute approximate surface area is 85.2 Å². The lowest BCUT2D eigenvalue weighted by Gasteiger charge is -2.30. The summed E-state index contributed by atoms with van der Waals surface area (Å²) in [5, 5.41) is 3.35. The second kappa shape index (κ2) is 3.77. The van der Waals surface area contributed by atoms with E-state index in [1.807, 2.05) is 16.8 Å². The molecule has 14 heavy (non-hydrogen) atoms. The quantitative estimate of drug-likeness (QED) is 0.664. The molecule has 2 saturated heterocycles. The topological polar surface area (TPSA) is 35.6 Å². The summed E-state index contributed by atoms with van der Waals surface area (Å²) in [5.74, 6) is 0. The Balaban J connectivity index is 2.00. The average molecular weight is 197 g/mol. The lowest BCUT2D eigenvalue weighted by atomic mass is 10.1. The second-order valence-electron chi connectivity index (χ2n) is 4.40. The molecule has 2 amide bonds. The molecule has 2 fully saturated rings. The van der Waals surface area contributed by atoms with Gasteiger partial charge in [0.2, 0.25) is 0 Å². The average Bonchev–Trinajstić information content (AvgIpc) is 2.47. The maximum absolute atomic E-state index is 11.8. The predicted molar refractivity (Wildman–Crippen MR) is 55.2 cm³/mol. The maximum Gasteiger partial charge on any atom is 0.320 e. The van der Waals surface area contributed by atoms with Crippen molar-refractivity contribution in [1.82, 2.24) is 15.1 Å². The van der Waals surface area contributed by atoms with Gasteiger partial charge in [-0.05, 0) is 26.3 Å². The van der Waals surface area contributed by atoms with E-state index in [0.717, 1.165) is 26.1 Å². The van der Waals surface area contributed by atoms with Crippen LogP contribution in [0.5, 0.6) is 0 Å². The van der Waals surface area contributed by atoms with Crippen LogP contribution in [0.3, 0.4) is 0 Å². The lowest BCUT2D eigenvalue weighted by Crippen LogP contribution is -2.47. The number of carbonyl (C=O) groups excluding carboxylic acids is 1. The number of hydrogen-bond donors (Lipinski definition) is 1. The third-order valence-corrected chi connectivity index (χ3v) is 3.38. The van der Waals surface area contributed by atoms with Gasteiger partial charge in [0.25, 0.3) is 0 Å². The predicted octanol–water partition coefficient (Wildman–Crippen LogP) is 0.494. The monoisotopic (exact) mass is 197 g/mol. The van der Waals surface area contributed by atoms with Gasteiger partial charge in [-0.1, -0.05) is 0 Å². The van der Waals surface area contributed by atoms with Crippen LogP contribution in [0.25, 0.3) is 0 Å². The van der Waals surface area contributed by atoms with E-state index < -0.39 is 0 Å². The number of carbonyl (C=O) groups is 1. The van der Waals surface area contributed by atoms with E-state index in [-0.39, 0.29) is 6.03 Å². The molecule has 0 aromatic heterocycles. The summed E-state index contributed by atoms with van der Waals surface area (Å²) < 4.78 is 0. The molecule has 0 saturated carbocycles. The van der Waals surface area contributed by atoms with Crippen molar-refractivity contribution in [3.63, 3.8) is 0 Å². The molecule has 2 aliphatic heterocycles. The molecule has 0 aliphatic carbocycles. The van der Waals surface area contributed by atoms with Crippen LogP contribution >= 0.6 is 0 Å². The zero-order valence-electron chi connectivity index (χ0n) is 8.99. The summed E-state index contributed by atoms with van der Waals surface area (Å²) in [6.07, 6.45) is 2.34. The van der Waals surface area contributed by atoms with Crippen molar-refractivity contribution in [2.24, 2.45) is 0 Å². The van der Waals surface area contributed by atoms with E-state index in [1.54, 1.807) is 0 Å². The molecule has 2 aliphatic rings. The van der Waals surface area contributed by atoms with E-state index in [4.69, 9.17) is 0 Å². The molecular weight excluding hydrogens is 178 g/mol. The van der Waals surface area contributed by atoms with Gasteiger partial charge in [-0.2, -0.15) is 0 Å². The Hall–Kier alpha value is -0.770. The fourth-order valence-electron chi connectivity index (χ4n) is 2.28. The molecule has 1 unspecified atom stereocenters. The number of piperidine rings is 1. The molecular formula is C10H19N3O. The van der Waals surface area contributed by atoms with Crippen molar-refractivity contribution in [2.75, 3.05) is 26.7 Å². The van der Waals surface area contributed by atoms with Crippen molar-refractivity contribution in [1.29, 1.82) is 0 Å². The van der Waals surface area contributed by atoms with E-state index in [1.165, 1.54) is 6.42 Å². The van der Waals surface area contributed by atoms with Gasteiger partial charge in [0.1, 0.15) is 0 Å². The summed E-state index contributed by atoms with van der Waals surface area (Å²) in [4.78, 5) is 15.7. The number of urea groups is 1. The molecule has 0 aromatic carbocycles. The molecule has 1 N–H and O–H groups in total. The van der Waals surface area contributed by atoms with Crippen LogP contribution in [0.15, 0.2) is 0 Å². The molecule has 2 heterocycles. The van der Waals surface area contributed by atoms with Gasteiger partial charge in [0, 0.05) is 32.2 Å². The number of nitrogens with one attached hydrogen (secondary N) is 1. The molecule has 80 valence electrons. The number of nitrogens with zero attached hydrogens (tertiary/aromatic N) is 2. The third-order valence-electron chi connectivity index (χ3n) is 3.38.